The zero-order valence-electron chi connectivity index (χ0n) is 19.5. The highest BCUT2D eigenvalue weighted by Gasteiger charge is 2.33. The fourth-order valence-electron chi connectivity index (χ4n) is 4.25. The molecule has 32 heavy (non-hydrogen) atoms. The molecule has 0 saturated carbocycles. The van der Waals surface area contributed by atoms with Crippen molar-refractivity contribution in [2.45, 2.75) is 32.4 Å². The van der Waals surface area contributed by atoms with Crippen LogP contribution in [0, 0.1) is 5.82 Å². The first-order valence-corrected chi connectivity index (χ1v) is 11.1. The summed E-state index contributed by atoms with van der Waals surface area (Å²) in [6, 6.07) is 15.5. The van der Waals surface area contributed by atoms with Crippen LogP contribution in [0.4, 0.5) is 15.8 Å². The molecule has 1 aliphatic rings. The third kappa shape index (κ3) is 4.46. The first kappa shape index (κ1) is 22.2. The van der Waals surface area contributed by atoms with E-state index in [1.165, 1.54) is 6.07 Å². The summed E-state index contributed by atoms with van der Waals surface area (Å²) in [6.07, 6.45) is 0. The summed E-state index contributed by atoms with van der Waals surface area (Å²) in [6.45, 7) is 9.37. The first-order chi connectivity index (χ1) is 15.3. The lowest BCUT2D eigenvalue weighted by molar-refractivity contribution is 0.191. The van der Waals surface area contributed by atoms with Crippen molar-refractivity contribution in [3.05, 3.63) is 65.7 Å². The van der Waals surface area contributed by atoms with Gasteiger partial charge in [0.1, 0.15) is 5.82 Å². The molecule has 0 aliphatic carbocycles. The van der Waals surface area contributed by atoms with Crippen LogP contribution in [0.25, 0.3) is 0 Å². The van der Waals surface area contributed by atoms with Crippen molar-refractivity contribution in [1.29, 1.82) is 0 Å². The van der Waals surface area contributed by atoms with E-state index in [1.807, 2.05) is 30.9 Å². The molecule has 0 radical (unpaired) electrons. The molecule has 0 unspecified atom stereocenters. The minimum absolute atomic E-state index is 0.0804. The highest BCUT2D eigenvalue weighted by molar-refractivity contribution is 5.49. The van der Waals surface area contributed by atoms with E-state index < -0.39 is 0 Å². The van der Waals surface area contributed by atoms with E-state index >= 15 is 0 Å². The van der Waals surface area contributed by atoms with Crippen LogP contribution in [0.5, 0.6) is 0 Å². The predicted octanol–water partition coefficient (Wildman–Crippen LogP) is 3.54. The molecule has 1 atom stereocenters. The Kier molecular flexibility index (Phi) is 6.15. The van der Waals surface area contributed by atoms with E-state index in [0.29, 0.717) is 5.69 Å². The van der Waals surface area contributed by atoms with Crippen molar-refractivity contribution in [3.63, 3.8) is 0 Å². The summed E-state index contributed by atoms with van der Waals surface area (Å²) in [5.41, 5.74) is 2.72. The van der Waals surface area contributed by atoms with Crippen molar-refractivity contribution >= 4 is 11.4 Å². The third-order valence-corrected chi connectivity index (χ3v) is 5.97. The van der Waals surface area contributed by atoms with Crippen LogP contribution in [0.15, 0.2) is 48.5 Å². The van der Waals surface area contributed by atoms with E-state index in [-0.39, 0.29) is 17.4 Å². The quantitative estimate of drug-likeness (QED) is 0.609. The van der Waals surface area contributed by atoms with Crippen molar-refractivity contribution in [2.75, 3.05) is 50.1 Å². The van der Waals surface area contributed by atoms with Gasteiger partial charge in [-0.3, -0.25) is 4.90 Å². The van der Waals surface area contributed by atoms with Crippen LogP contribution in [-0.4, -0.2) is 65.4 Å². The van der Waals surface area contributed by atoms with Crippen molar-refractivity contribution in [1.82, 2.24) is 25.1 Å². The topological polar surface area (TPSA) is 53.3 Å². The first-order valence-electron chi connectivity index (χ1n) is 11.1. The number of benzene rings is 2. The summed E-state index contributed by atoms with van der Waals surface area (Å²) in [4.78, 5) is 6.60. The Morgan fingerprint density at radius 1 is 0.938 bits per heavy atom. The molecule has 0 bridgehead atoms. The number of rotatable bonds is 5. The minimum atomic E-state index is -0.240. The highest BCUT2D eigenvalue weighted by atomic mass is 19.1. The van der Waals surface area contributed by atoms with E-state index in [9.17, 15) is 4.39 Å². The molecule has 1 aliphatic heterocycles. The monoisotopic (exact) mass is 437 g/mol. The second kappa shape index (κ2) is 8.86. The van der Waals surface area contributed by atoms with Crippen LogP contribution in [-0.2, 0) is 5.54 Å². The lowest BCUT2D eigenvalue weighted by atomic mass is 10.0. The Morgan fingerprint density at radius 2 is 1.59 bits per heavy atom. The number of hydrogen-bond donors (Lipinski definition) is 0. The zero-order chi connectivity index (χ0) is 22.9. The van der Waals surface area contributed by atoms with Crippen molar-refractivity contribution < 1.29 is 4.39 Å². The second-order valence-corrected chi connectivity index (χ2v) is 9.48. The molecule has 1 fully saturated rings. The average molecular weight is 438 g/mol. The molecular formula is C24H32FN7. The van der Waals surface area contributed by atoms with E-state index in [0.717, 1.165) is 43.3 Å². The lowest BCUT2D eigenvalue weighted by Gasteiger charge is -2.40. The minimum Gasteiger partial charge on any atom is -0.378 e. The molecule has 0 amide bonds. The lowest BCUT2D eigenvalue weighted by Crippen LogP contribution is -2.49. The number of para-hydroxylation sites is 1. The van der Waals surface area contributed by atoms with Gasteiger partial charge in [-0.25, -0.2) is 9.07 Å². The summed E-state index contributed by atoms with van der Waals surface area (Å²) >= 11 is 0. The molecule has 2 aromatic carbocycles. The summed E-state index contributed by atoms with van der Waals surface area (Å²) in [7, 11) is 4.07. The smallest absolute Gasteiger partial charge is 0.173 e. The molecule has 0 spiro atoms. The fourth-order valence-corrected chi connectivity index (χ4v) is 4.25. The fraction of sp³-hybridized carbons (Fsp3) is 0.458. The average Bonchev–Trinajstić information content (AvgIpc) is 3.25. The molecule has 7 nitrogen and oxygen atoms in total. The Morgan fingerprint density at radius 3 is 2.19 bits per heavy atom. The van der Waals surface area contributed by atoms with E-state index in [1.54, 1.807) is 6.07 Å². The highest BCUT2D eigenvalue weighted by Crippen LogP contribution is 2.32. The van der Waals surface area contributed by atoms with Gasteiger partial charge in [0.15, 0.2) is 5.82 Å². The number of halogens is 1. The number of hydrogen-bond acceptors (Lipinski definition) is 6. The van der Waals surface area contributed by atoms with Gasteiger partial charge in [-0.15, -0.1) is 5.10 Å². The van der Waals surface area contributed by atoms with E-state index in [2.05, 4.69) is 75.3 Å². The third-order valence-electron chi connectivity index (χ3n) is 5.97. The molecule has 3 aromatic rings. The molecule has 4 rings (SSSR count). The molecule has 1 saturated heterocycles. The van der Waals surface area contributed by atoms with Gasteiger partial charge in [-0.1, -0.05) is 24.3 Å². The van der Waals surface area contributed by atoms with Crippen molar-refractivity contribution in [2.24, 2.45) is 0 Å². The Labute approximate surface area is 189 Å². The number of aromatic nitrogens is 4. The Hall–Kier alpha value is -3.00. The van der Waals surface area contributed by atoms with Gasteiger partial charge in [0, 0.05) is 46.0 Å². The number of nitrogens with zero attached hydrogens (tertiary/aromatic N) is 7. The maximum absolute atomic E-state index is 14.3. The van der Waals surface area contributed by atoms with Crippen molar-refractivity contribution in [3.8, 4) is 0 Å². The largest absolute Gasteiger partial charge is 0.378 e. The zero-order valence-corrected chi connectivity index (χ0v) is 19.5. The van der Waals surface area contributed by atoms with Gasteiger partial charge < -0.3 is 9.80 Å². The molecule has 8 heteroatoms. The predicted molar refractivity (Wildman–Crippen MR) is 126 cm³/mol. The molecular weight excluding hydrogens is 405 g/mol. The number of anilines is 2. The molecule has 170 valence electrons. The molecule has 1 aromatic heterocycles. The van der Waals surface area contributed by atoms with Gasteiger partial charge in [-0.2, -0.15) is 0 Å². The van der Waals surface area contributed by atoms with Crippen LogP contribution >= 0.6 is 0 Å². The van der Waals surface area contributed by atoms with E-state index in [4.69, 9.17) is 0 Å². The maximum Gasteiger partial charge on any atom is 0.173 e. The summed E-state index contributed by atoms with van der Waals surface area (Å²) in [5.74, 6) is 0.655. The second-order valence-electron chi connectivity index (χ2n) is 9.48. The number of piperazine rings is 1. The maximum atomic E-state index is 14.3. The van der Waals surface area contributed by atoms with Gasteiger partial charge in [-0.05, 0) is 61.0 Å². The summed E-state index contributed by atoms with van der Waals surface area (Å²) < 4.78 is 16.2. The number of tetrazole rings is 1. The molecule has 2 heterocycles. The van der Waals surface area contributed by atoms with Gasteiger partial charge >= 0.3 is 0 Å². The van der Waals surface area contributed by atoms with Gasteiger partial charge in [0.2, 0.25) is 0 Å². The molecule has 0 N–H and O–H groups in total. The van der Waals surface area contributed by atoms with Crippen LogP contribution < -0.4 is 9.80 Å². The van der Waals surface area contributed by atoms with Gasteiger partial charge in [0.05, 0.1) is 17.3 Å². The summed E-state index contributed by atoms with van der Waals surface area (Å²) in [5, 5.41) is 12.8. The van der Waals surface area contributed by atoms with Gasteiger partial charge in [0.25, 0.3) is 0 Å². The Bertz CT molecular complexity index is 1030. The normalized spacial score (nSPS) is 16.2. The standard InChI is InChI=1S/C24H32FN7/c1-24(2,3)32-23(26-27-28-32)22(18-10-12-19(13-11-18)29(4)5)31-16-14-30(15-17-31)21-9-7-6-8-20(21)25/h6-13,22H,14-17H2,1-5H3/t22-/m0/s1. The Balaban J connectivity index is 1.65. The van der Waals surface area contributed by atoms with Crippen LogP contribution in [0.3, 0.4) is 0 Å². The van der Waals surface area contributed by atoms with Crippen LogP contribution in [0.2, 0.25) is 0 Å². The van der Waals surface area contributed by atoms with Crippen LogP contribution in [0.1, 0.15) is 38.2 Å². The SMILES string of the molecule is CN(C)c1ccc([C@@H](c2nnnn2C(C)(C)C)N2CCN(c3ccccc3F)CC2)cc1.